The SMILES string of the molecule is C.CC(C)[C@H](CCC(=O)c1ccccc1)C(=O)O.CC(C)[C@H](CCC(=O)c1ccccc1)C(=O)OCCCC(=O)OCc1ccccc1.O=C(CCCO)OCc1ccccc1. The molecule has 0 radical (unpaired) electrons. The Hall–Kier alpha value is -5.94. The molecule has 336 valence electrons. The van der Waals surface area contributed by atoms with Gasteiger partial charge >= 0.3 is 23.9 Å². The standard InChI is InChI=1S/C25H30O5.C14H18O3.C11H14O3.CH4/c1-19(2)22(15-16-23(26)21-12-7-4-8-13-21)25(28)29-17-9-14-24(27)30-18-20-10-5-3-6-11-20;1-10(2)12(14(16)17)8-9-13(15)11-6-4-3-5-7-11;12-8-4-7-11(13)14-9-10-5-2-1-3-6-10;/h3-8,10-13,19,22H,9,14-18H2,1-2H3;3-7,10,12H,8-9H2,1-2H3,(H,16,17);1-3,5-6,12H,4,7-9H2;1H4/t22-;12-;;/m00../s1. The van der Waals surface area contributed by atoms with Crippen molar-refractivity contribution in [2.45, 2.75) is 99.7 Å². The van der Waals surface area contributed by atoms with Crippen molar-refractivity contribution in [1.29, 1.82) is 0 Å². The molecule has 4 aromatic rings. The number of aliphatic hydroxyl groups is 1. The largest absolute Gasteiger partial charge is 0.481 e. The zero-order valence-electron chi connectivity index (χ0n) is 35.9. The Labute approximate surface area is 367 Å². The van der Waals surface area contributed by atoms with Crippen LogP contribution in [0, 0.1) is 23.7 Å². The summed E-state index contributed by atoms with van der Waals surface area (Å²) >= 11 is 0. The number of esters is 3. The third-order valence-corrected chi connectivity index (χ3v) is 9.58. The highest BCUT2D eigenvalue weighted by Crippen LogP contribution is 2.21. The summed E-state index contributed by atoms with van der Waals surface area (Å²) in [6, 6.07) is 37.0. The maximum atomic E-state index is 12.4. The van der Waals surface area contributed by atoms with Gasteiger partial charge in [0.25, 0.3) is 0 Å². The highest BCUT2D eigenvalue weighted by molar-refractivity contribution is 5.96. The summed E-state index contributed by atoms with van der Waals surface area (Å²) in [6.45, 7) is 8.36. The average Bonchev–Trinajstić information content (AvgIpc) is 3.27. The van der Waals surface area contributed by atoms with Crippen LogP contribution >= 0.6 is 0 Å². The monoisotopic (exact) mass is 854 g/mol. The number of Topliss-reactive ketones (excluding diaryl/α,β-unsaturated/α-hetero) is 2. The number of rotatable bonds is 23. The fourth-order valence-electron chi connectivity index (χ4n) is 5.92. The molecule has 0 fully saturated rings. The van der Waals surface area contributed by atoms with Crippen molar-refractivity contribution in [3.63, 3.8) is 0 Å². The first-order valence-corrected chi connectivity index (χ1v) is 20.9. The third-order valence-electron chi connectivity index (χ3n) is 9.58. The van der Waals surface area contributed by atoms with Gasteiger partial charge in [0.2, 0.25) is 0 Å². The van der Waals surface area contributed by atoms with Gasteiger partial charge in [0.1, 0.15) is 13.2 Å². The van der Waals surface area contributed by atoms with E-state index in [1.807, 2.05) is 125 Å². The number of hydrogen-bond donors (Lipinski definition) is 2. The molecule has 4 rings (SSSR count). The normalized spacial score (nSPS) is 11.3. The number of carbonyl (C=O) groups excluding carboxylic acids is 5. The Morgan fingerprint density at radius 1 is 0.500 bits per heavy atom. The van der Waals surface area contributed by atoms with Crippen molar-refractivity contribution in [2.24, 2.45) is 23.7 Å². The van der Waals surface area contributed by atoms with Crippen LogP contribution in [0.3, 0.4) is 0 Å². The molecule has 0 bridgehead atoms. The fourth-order valence-corrected chi connectivity index (χ4v) is 5.92. The number of aliphatic carboxylic acids is 1. The van der Waals surface area contributed by atoms with Gasteiger partial charge in [-0.2, -0.15) is 0 Å². The minimum atomic E-state index is -0.819. The molecule has 0 unspecified atom stereocenters. The molecule has 4 aromatic carbocycles. The number of carbonyl (C=O) groups is 6. The maximum Gasteiger partial charge on any atom is 0.309 e. The summed E-state index contributed by atoms with van der Waals surface area (Å²) in [5, 5.41) is 17.5. The summed E-state index contributed by atoms with van der Waals surface area (Å²) in [5.41, 5.74) is 3.22. The van der Waals surface area contributed by atoms with Crippen LogP contribution in [0.4, 0.5) is 0 Å². The van der Waals surface area contributed by atoms with Crippen molar-refractivity contribution < 1.29 is 53.2 Å². The molecule has 0 amide bonds. The number of ketones is 2. The van der Waals surface area contributed by atoms with E-state index in [0.717, 1.165) is 11.1 Å². The number of benzene rings is 4. The van der Waals surface area contributed by atoms with E-state index in [1.54, 1.807) is 24.3 Å². The molecule has 0 spiro atoms. The molecule has 62 heavy (non-hydrogen) atoms. The lowest BCUT2D eigenvalue weighted by molar-refractivity contribution is -0.152. The van der Waals surface area contributed by atoms with Gasteiger partial charge in [0.15, 0.2) is 11.6 Å². The van der Waals surface area contributed by atoms with E-state index in [1.165, 1.54) is 0 Å². The van der Waals surface area contributed by atoms with E-state index in [4.69, 9.17) is 24.4 Å². The summed E-state index contributed by atoms with van der Waals surface area (Å²) < 4.78 is 15.5. The molecule has 2 N–H and O–H groups in total. The van der Waals surface area contributed by atoms with E-state index < -0.39 is 11.9 Å². The first-order chi connectivity index (χ1) is 29.3. The maximum absolute atomic E-state index is 12.4. The van der Waals surface area contributed by atoms with Gasteiger partial charge in [0.05, 0.1) is 18.4 Å². The molecule has 0 heterocycles. The van der Waals surface area contributed by atoms with E-state index in [2.05, 4.69) is 0 Å². The van der Waals surface area contributed by atoms with Crippen LogP contribution in [-0.4, -0.2) is 58.9 Å². The second kappa shape index (κ2) is 31.9. The molecule has 11 heteroatoms. The Kier molecular flexibility index (Phi) is 27.8. The second-order valence-corrected chi connectivity index (χ2v) is 15.1. The molecule has 0 aliphatic rings. The van der Waals surface area contributed by atoms with Gasteiger partial charge in [-0.15, -0.1) is 0 Å². The van der Waals surface area contributed by atoms with Crippen LogP contribution in [-0.2, 0) is 46.6 Å². The smallest absolute Gasteiger partial charge is 0.309 e. The first kappa shape index (κ1) is 54.1. The van der Waals surface area contributed by atoms with Gasteiger partial charge in [-0.25, -0.2) is 0 Å². The summed E-state index contributed by atoms with van der Waals surface area (Å²) in [5.74, 6) is -2.35. The van der Waals surface area contributed by atoms with Gasteiger partial charge in [0, 0.05) is 43.4 Å². The summed E-state index contributed by atoms with van der Waals surface area (Å²) in [6.07, 6.45) is 2.79. The molecular weight excluding hydrogens is 789 g/mol. The van der Waals surface area contributed by atoms with Crippen LogP contribution in [0.15, 0.2) is 121 Å². The fraction of sp³-hybridized carbons (Fsp3) is 0.412. The molecule has 0 aliphatic heterocycles. The Morgan fingerprint density at radius 3 is 1.24 bits per heavy atom. The van der Waals surface area contributed by atoms with Crippen molar-refractivity contribution >= 4 is 35.4 Å². The van der Waals surface area contributed by atoms with E-state index in [-0.39, 0.29) is 87.3 Å². The predicted molar refractivity (Wildman–Crippen MR) is 240 cm³/mol. The van der Waals surface area contributed by atoms with Gasteiger partial charge in [-0.1, -0.05) is 156 Å². The molecule has 2 atom stereocenters. The molecular formula is C51H66O11. The highest BCUT2D eigenvalue weighted by Gasteiger charge is 2.25. The second-order valence-electron chi connectivity index (χ2n) is 15.1. The van der Waals surface area contributed by atoms with Gasteiger partial charge in [-0.05, 0) is 48.6 Å². The van der Waals surface area contributed by atoms with Crippen molar-refractivity contribution in [3.05, 3.63) is 144 Å². The zero-order valence-corrected chi connectivity index (χ0v) is 35.9. The lowest BCUT2D eigenvalue weighted by atomic mass is 9.89. The van der Waals surface area contributed by atoms with Crippen LogP contribution in [0.5, 0.6) is 0 Å². The molecule has 11 nitrogen and oxygen atoms in total. The molecule has 0 aromatic heterocycles. The average molecular weight is 855 g/mol. The summed E-state index contributed by atoms with van der Waals surface area (Å²) in [4.78, 5) is 70.4. The number of carboxylic acids is 1. The topological polar surface area (TPSA) is 171 Å². The van der Waals surface area contributed by atoms with E-state index >= 15 is 0 Å². The number of carboxylic acid groups (broad SMARTS) is 1. The summed E-state index contributed by atoms with van der Waals surface area (Å²) in [7, 11) is 0. The molecule has 0 saturated heterocycles. The van der Waals surface area contributed by atoms with E-state index in [9.17, 15) is 28.8 Å². The Bertz CT molecular complexity index is 1860. The van der Waals surface area contributed by atoms with Crippen LogP contribution in [0.1, 0.15) is 118 Å². The van der Waals surface area contributed by atoms with Crippen molar-refractivity contribution in [1.82, 2.24) is 0 Å². The number of ether oxygens (including phenoxy) is 3. The van der Waals surface area contributed by atoms with Crippen LogP contribution in [0.25, 0.3) is 0 Å². The predicted octanol–water partition coefficient (Wildman–Crippen LogP) is 10.1. The quantitative estimate of drug-likeness (QED) is 0.0315. The minimum absolute atomic E-state index is 0. The van der Waals surface area contributed by atoms with Crippen LogP contribution in [0.2, 0.25) is 0 Å². The van der Waals surface area contributed by atoms with Crippen molar-refractivity contribution in [3.8, 4) is 0 Å². The van der Waals surface area contributed by atoms with Crippen molar-refractivity contribution in [2.75, 3.05) is 13.2 Å². The Morgan fingerprint density at radius 2 is 0.871 bits per heavy atom. The van der Waals surface area contributed by atoms with Crippen LogP contribution < -0.4 is 0 Å². The lowest BCUT2D eigenvalue weighted by Crippen LogP contribution is -2.24. The molecule has 0 saturated carbocycles. The first-order valence-electron chi connectivity index (χ1n) is 20.9. The van der Waals surface area contributed by atoms with Gasteiger partial charge < -0.3 is 24.4 Å². The number of hydrogen-bond acceptors (Lipinski definition) is 10. The minimum Gasteiger partial charge on any atom is -0.481 e. The number of aliphatic hydroxyl groups excluding tert-OH is 1. The van der Waals surface area contributed by atoms with Gasteiger partial charge in [-0.3, -0.25) is 28.8 Å². The molecule has 0 aliphatic carbocycles. The Balaban J connectivity index is 0.000000508. The third kappa shape index (κ3) is 23.2. The lowest BCUT2D eigenvalue weighted by Gasteiger charge is -2.19. The highest BCUT2D eigenvalue weighted by atomic mass is 16.5. The zero-order chi connectivity index (χ0) is 44.8. The van der Waals surface area contributed by atoms with E-state index in [0.29, 0.717) is 56.3 Å².